The van der Waals surface area contributed by atoms with Crippen molar-refractivity contribution < 1.29 is 18.0 Å². The first-order valence-electron chi connectivity index (χ1n) is 12.6. The van der Waals surface area contributed by atoms with Gasteiger partial charge in [-0.3, -0.25) is 13.9 Å². The summed E-state index contributed by atoms with van der Waals surface area (Å²) in [6, 6.07) is 15.0. The lowest BCUT2D eigenvalue weighted by Gasteiger charge is -2.30. The second-order valence-corrected chi connectivity index (χ2v) is 12.2. The molecule has 0 saturated heterocycles. The number of nitrogens with one attached hydrogen (secondary N) is 1. The Balaban J connectivity index is 1.51. The molecule has 3 aromatic rings. The van der Waals surface area contributed by atoms with Crippen LogP contribution in [0.25, 0.3) is 10.8 Å². The third-order valence-electron chi connectivity index (χ3n) is 6.96. The molecule has 0 aromatic heterocycles. The lowest BCUT2D eigenvalue weighted by molar-refractivity contribution is -0.140. The summed E-state index contributed by atoms with van der Waals surface area (Å²) in [5.41, 5.74) is 1.29. The number of nitrogens with zero attached hydrogens (tertiary/aromatic N) is 2. The van der Waals surface area contributed by atoms with Gasteiger partial charge >= 0.3 is 0 Å². The zero-order chi connectivity index (χ0) is 27.6. The number of sulfonamides is 1. The summed E-state index contributed by atoms with van der Waals surface area (Å²) in [5, 5.41) is 5.37. The zero-order valence-corrected chi connectivity index (χ0v) is 23.9. The number of carbonyl (C=O) groups is 2. The summed E-state index contributed by atoms with van der Waals surface area (Å²) in [4.78, 5) is 28.2. The van der Waals surface area contributed by atoms with Crippen LogP contribution in [0.3, 0.4) is 0 Å². The molecule has 4 rings (SSSR count). The molecule has 0 bridgehead atoms. The molecule has 2 amide bonds. The number of hydrogen-bond acceptors (Lipinski definition) is 4. The first-order chi connectivity index (χ1) is 18.0. The Bertz CT molecular complexity index is 1470. The van der Waals surface area contributed by atoms with Gasteiger partial charge in [-0.2, -0.15) is 0 Å². The quantitative estimate of drug-likeness (QED) is 0.332. The van der Waals surface area contributed by atoms with Gasteiger partial charge in [-0.05, 0) is 61.9 Å². The second kappa shape index (κ2) is 11.5. The van der Waals surface area contributed by atoms with Crippen LogP contribution in [0, 0.1) is 0 Å². The van der Waals surface area contributed by atoms with Crippen LogP contribution in [0.15, 0.2) is 59.5 Å². The van der Waals surface area contributed by atoms with Crippen molar-refractivity contribution in [3.63, 3.8) is 0 Å². The molecular weight excluding hydrogens is 545 g/mol. The van der Waals surface area contributed by atoms with E-state index in [9.17, 15) is 18.0 Å². The van der Waals surface area contributed by atoms with Crippen molar-refractivity contribution >= 4 is 61.5 Å². The average molecular weight is 577 g/mol. The highest BCUT2D eigenvalue weighted by Gasteiger charge is 2.35. The molecule has 2 atom stereocenters. The molecule has 38 heavy (non-hydrogen) atoms. The predicted molar refractivity (Wildman–Crippen MR) is 152 cm³/mol. The summed E-state index contributed by atoms with van der Waals surface area (Å²) in [6.07, 6.45) is 1.10. The number of halogens is 2. The van der Waals surface area contributed by atoms with Crippen LogP contribution in [0.5, 0.6) is 0 Å². The zero-order valence-electron chi connectivity index (χ0n) is 21.6. The normalized spacial score (nSPS) is 15.3. The molecule has 7 nitrogen and oxygen atoms in total. The fourth-order valence-electron chi connectivity index (χ4n) is 4.60. The Morgan fingerprint density at radius 2 is 1.76 bits per heavy atom. The van der Waals surface area contributed by atoms with Gasteiger partial charge in [-0.15, -0.1) is 0 Å². The Morgan fingerprint density at radius 1 is 1.05 bits per heavy atom. The van der Waals surface area contributed by atoms with Crippen molar-refractivity contribution in [2.75, 3.05) is 10.8 Å². The van der Waals surface area contributed by atoms with Crippen molar-refractivity contribution in [1.82, 2.24) is 10.2 Å². The van der Waals surface area contributed by atoms with Crippen LogP contribution < -0.4 is 9.62 Å². The van der Waals surface area contributed by atoms with E-state index >= 15 is 0 Å². The first kappa shape index (κ1) is 28.2. The Hall–Kier alpha value is -2.81. The van der Waals surface area contributed by atoms with Crippen LogP contribution in [-0.4, -0.2) is 43.8 Å². The first-order valence-corrected chi connectivity index (χ1v) is 14.8. The molecule has 0 spiro atoms. The fraction of sp³-hybridized carbons (Fsp3) is 0.357. The summed E-state index contributed by atoms with van der Waals surface area (Å²) >= 11 is 12.4. The lowest BCUT2D eigenvalue weighted by Crippen LogP contribution is -2.49. The van der Waals surface area contributed by atoms with Gasteiger partial charge in [0.25, 0.3) is 10.0 Å². The highest BCUT2D eigenvalue weighted by molar-refractivity contribution is 7.93. The van der Waals surface area contributed by atoms with Crippen molar-refractivity contribution in [3.8, 4) is 0 Å². The van der Waals surface area contributed by atoms with Crippen molar-refractivity contribution in [3.05, 3.63) is 70.2 Å². The van der Waals surface area contributed by atoms with Crippen LogP contribution >= 0.6 is 23.2 Å². The minimum absolute atomic E-state index is 0.0364. The van der Waals surface area contributed by atoms with Crippen LogP contribution in [0.1, 0.15) is 45.6 Å². The van der Waals surface area contributed by atoms with Crippen molar-refractivity contribution in [2.24, 2.45) is 0 Å². The van der Waals surface area contributed by atoms with Gasteiger partial charge in [0, 0.05) is 41.0 Å². The summed E-state index contributed by atoms with van der Waals surface area (Å²) < 4.78 is 27.9. The highest BCUT2D eigenvalue weighted by atomic mass is 35.5. The largest absolute Gasteiger partial charge is 0.352 e. The van der Waals surface area contributed by atoms with Gasteiger partial charge in [0.2, 0.25) is 11.8 Å². The Morgan fingerprint density at radius 3 is 2.45 bits per heavy atom. The molecule has 0 fully saturated rings. The van der Waals surface area contributed by atoms with Gasteiger partial charge in [-0.25, -0.2) is 8.42 Å². The molecule has 1 N–H and O–H groups in total. The van der Waals surface area contributed by atoms with Crippen LogP contribution in [0.2, 0.25) is 10.0 Å². The molecule has 2 unspecified atom stereocenters. The molecule has 0 saturated carbocycles. The van der Waals surface area contributed by atoms with Crippen LogP contribution in [-0.2, 0) is 26.2 Å². The summed E-state index contributed by atoms with van der Waals surface area (Å²) in [5.74, 6) is -0.530. The smallest absolute Gasteiger partial charge is 0.265 e. The second-order valence-electron chi connectivity index (χ2n) is 9.56. The lowest BCUT2D eigenvalue weighted by atomic mass is 10.1. The number of amides is 2. The standard InChI is InChI=1S/C28H31Cl2N3O4S/c1-4-18(2)31-28(35)19(3)32(17-21-13-14-22(29)16-23(21)30)26(34)12-7-15-33-24-10-5-8-20-9-6-11-25(27(20)24)38(33,36)37/h5-6,8-11,13-14,16,18-19H,4,7,12,15,17H2,1-3H3,(H,31,35). The maximum absolute atomic E-state index is 13.5. The maximum Gasteiger partial charge on any atom is 0.265 e. The molecule has 1 aliphatic rings. The monoisotopic (exact) mass is 575 g/mol. The van der Waals surface area contributed by atoms with Gasteiger partial charge in [0.1, 0.15) is 6.04 Å². The van der Waals surface area contributed by atoms with E-state index in [2.05, 4.69) is 5.32 Å². The number of hydrogen-bond donors (Lipinski definition) is 1. The fourth-order valence-corrected chi connectivity index (χ4v) is 6.82. The predicted octanol–water partition coefficient (Wildman–Crippen LogP) is 5.77. The SMILES string of the molecule is CCC(C)NC(=O)C(C)N(Cc1ccc(Cl)cc1Cl)C(=O)CCCN1c2cccc3cccc(c23)S1(=O)=O. The topological polar surface area (TPSA) is 86.8 Å². The third kappa shape index (κ3) is 5.63. The third-order valence-corrected chi connectivity index (χ3v) is 9.40. The van der Waals surface area contributed by atoms with E-state index in [-0.39, 0.29) is 48.7 Å². The summed E-state index contributed by atoms with van der Waals surface area (Å²) in [6.45, 7) is 5.82. The maximum atomic E-state index is 13.5. The Labute approximate surface area is 233 Å². The molecule has 0 aliphatic carbocycles. The minimum atomic E-state index is -3.71. The van der Waals surface area contributed by atoms with E-state index < -0.39 is 16.1 Å². The van der Waals surface area contributed by atoms with Gasteiger partial charge < -0.3 is 10.2 Å². The molecular formula is C28H31Cl2N3O4S. The number of benzene rings is 3. The van der Waals surface area contributed by atoms with E-state index in [1.807, 2.05) is 32.0 Å². The highest BCUT2D eigenvalue weighted by Crippen LogP contribution is 2.42. The van der Waals surface area contributed by atoms with E-state index in [1.54, 1.807) is 43.3 Å². The molecule has 1 aliphatic heterocycles. The van der Waals surface area contributed by atoms with E-state index in [0.29, 0.717) is 26.7 Å². The molecule has 10 heteroatoms. The van der Waals surface area contributed by atoms with E-state index in [4.69, 9.17) is 23.2 Å². The molecule has 1 heterocycles. The van der Waals surface area contributed by atoms with Crippen LogP contribution in [0.4, 0.5) is 5.69 Å². The molecule has 202 valence electrons. The molecule has 3 aromatic carbocycles. The van der Waals surface area contributed by atoms with Crippen molar-refractivity contribution in [2.45, 2.75) is 63.6 Å². The Kier molecular flexibility index (Phi) is 8.55. The number of anilines is 1. The average Bonchev–Trinajstić information content (AvgIpc) is 3.10. The van der Waals surface area contributed by atoms with Gasteiger partial charge in [-0.1, -0.05) is 60.5 Å². The van der Waals surface area contributed by atoms with E-state index in [0.717, 1.165) is 11.8 Å². The number of rotatable bonds is 10. The number of carbonyl (C=O) groups excluding carboxylic acids is 2. The van der Waals surface area contributed by atoms with Gasteiger partial charge in [0.15, 0.2) is 0 Å². The van der Waals surface area contributed by atoms with Crippen molar-refractivity contribution in [1.29, 1.82) is 0 Å². The molecule has 0 radical (unpaired) electrons. The minimum Gasteiger partial charge on any atom is -0.352 e. The van der Waals surface area contributed by atoms with E-state index in [1.165, 1.54) is 9.21 Å². The summed E-state index contributed by atoms with van der Waals surface area (Å²) in [7, 11) is -3.71. The van der Waals surface area contributed by atoms with Gasteiger partial charge in [0.05, 0.1) is 10.6 Å².